The molecule has 0 aromatic heterocycles. The topological polar surface area (TPSA) is 100 Å². The Hall–Kier alpha value is -3.56. The molecule has 0 radical (unpaired) electrons. The summed E-state index contributed by atoms with van der Waals surface area (Å²) in [5, 5.41) is 3.47. The molecule has 28 heavy (non-hydrogen) atoms. The zero-order valence-corrected chi connectivity index (χ0v) is 14.3. The Balaban J connectivity index is 1.80. The van der Waals surface area contributed by atoms with Gasteiger partial charge in [-0.15, -0.1) is 0 Å². The van der Waals surface area contributed by atoms with Crippen molar-refractivity contribution in [3.05, 3.63) is 59.7 Å². The maximum Gasteiger partial charge on any atom is 0.416 e. The van der Waals surface area contributed by atoms with Gasteiger partial charge in [-0.25, -0.2) is 4.79 Å². The van der Waals surface area contributed by atoms with Crippen LogP contribution in [-0.2, 0) is 20.6 Å². The monoisotopic (exact) mass is 396 g/mol. The number of ether oxygens (including phenoxy) is 2. The van der Waals surface area contributed by atoms with Gasteiger partial charge in [-0.1, -0.05) is 11.2 Å². The molecule has 0 unspecified atom stereocenters. The first kappa shape index (κ1) is 20.7. The number of amides is 1. The Kier molecular flexibility index (Phi) is 6.96. The number of rotatable bonds is 8. The fourth-order valence-electron chi connectivity index (χ4n) is 1.88. The zero-order valence-electron chi connectivity index (χ0n) is 14.3. The van der Waals surface area contributed by atoms with E-state index in [0.29, 0.717) is 11.3 Å². The maximum absolute atomic E-state index is 12.6. The van der Waals surface area contributed by atoms with Crippen molar-refractivity contribution in [2.75, 3.05) is 13.2 Å². The number of carbonyl (C=O) groups excluding carboxylic acids is 2. The lowest BCUT2D eigenvalue weighted by Crippen LogP contribution is -2.19. The van der Waals surface area contributed by atoms with E-state index in [-0.39, 0.29) is 12.4 Å². The summed E-state index contributed by atoms with van der Waals surface area (Å²) in [6, 6.07) is 10.4. The van der Waals surface area contributed by atoms with Gasteiger partial charge in [0.25, 0.3) is 5.91 Å². The highest BCUT2D eigenvalue weighted by atomic mass is 19.4. The minimum atomic E-state index is -4.51. The Morgan fingerprint density at radius 1 is 1.00 bits per heavy atom. The van der Waals surface area contributed by atoms with Crippen molar-refractivity contribution < 1.29 is 37.1 Å². The van der Waals surface area contributed by atoms with Gasteiger partial charge in [0.1, 0.15) is 11.5 Å². The van der Waals surface area contributed by atoms with Crippen molar-refractivity contribution >= 4 is 18.1 Å². The molecule has 0 atom stereocenters. The van der Waals surface area contributed by atoms with Crippen molar-refractivity contribution in [2.45, 2.75) is 6.18 Å². The number of primary amides is 1. The van der Waals surface area contributed by atoms with Crippen molar-refractivity contribution in [1.82, 2.24) is 0 Å². The van der Waals surface area contributed by atoms with E-state index in [9.17, 15) is 22.8 Å². The summed E-state index contributed by atoms with van der Waals surface area (Å²) in [7, 11) is 0. The van der Waals surface area contributed by atoms with Gasteiger partial charge in [-0.05, 0) is 48.0 Å². The summed E-state index contributed by atoms with van der Waals surface area (Å²) in [4.78, 5) is 26.7. The van der Waals surface area contributed by atoms with Crippen LogP contribution >= 0.6 is 0 Å². The molecule has 0 aliphatic rings. The predicted molar refractivity (Wildman–Crippen MR) is 91.8 cm³/mol. The zero-order chi connectivity index (χ0) is 20.6. The van der Waals surface area contributed by atoms with E-state index >= 15 is 0 Å². The highest BCUT2D eigenvalue weighted by molar-refractivity contribution is 5.80. The largest absolute Gasteiger partial charge is 0.484 e. The SMILES string of the molecule is NC(=O)COc1ccc(/C=N/OC(=O)COc2cccc(C(F)(F)F)c2)cc1. The van der Waals surface area contributed by atoms with Gasteiger partial charge in [-0.3, -0.25) is 4.79 Å². The number of hydrogen-bond donors (Lipinski definition) is 1. The van der Waals surface area contributed by atoms with Gasteiger partial charge in [0.05, 0.1) is 11.8 Å². The fraction of sp³-hybridized carbons (Fsp3) is 0.167. The van der Waals surface area contributed by atoms with Gasteiger partial charge in [0, 0.05) is 0 Å². The minimum Gasteiger partial charge on any atom is -0.484 e. The molecule has 0 spiro atoms. The van der Waals surface area contributed by atoms with Crippen LogP contribution in [0.1, 0.15) is 11.1 Å². The van der Waals surface area contributed by atoms with Crippen LogP contribution < -0.4 is 15.2 Å². The number of alkyl halides is 3. The van der Waals surface area contributed by atoms with E-state index in [2.05, 4.69) is 9.99 Å². The van der Waals surface area contributed by atoms with Gasteiger partial charge in [0.15, 0.2) is 13.2 Å². The molecule has 0 aliphatic carbocycles. The molecular weight excluding hydrogens is 381 g/mol. The summed E-state index contributed by atoms with van der Waals surface area (Å²) in [6.07, 6.45) is -3.27. The molecule has 2 rings (SSSR count). The lowest BCUT2D eigenvalue weighted by atomic mass is 10.2. The molecular formula is C18H15F3N2O5. The number of nitrogens with zero attached hydrogens (tertiary/aromatic N) is 1. The summed E-state index contributed by atoms with van der Waals surface area (Å²) in [5.74, 6) is -1.20. The van der Waals surface area contributed by atoms with E-state index in [1.54, 1.807) is 24.3 Å². The van der Waals surface area contributed by atoms with Crippen LogP contribution in [0.4, 0.5) is 13.2 Å². The van der Waals surface area contributed by atoms with E-state index in [1.165, 1.54) is 18.3 Å². The second-order valence-electron chi connectivity index (χ2n) is 5.34. The quantitative estimate of drug-likeness (QED) is 0.420. The lowest BCUT2D eigenvalue weighted by molar-refractivity contribution is -0.145. The van der Waals surface area contributed by atoms with E-state index < -0.39 is 30.2 Å². The van der Waals surface area contributed by atoms with Crippen LogP contribution in [0.5, 0.6) is 11.5 Å². The Labute approximate surface area is 157 Å². The molecule has 0 heterocycles. The highest BCUT2D eigenvalue weighted by Gasteiger charge is 2.30. The van der Waals surface area contributed by atoms with Crippen LogP contribution in [-0.4, -0.2) is 31.3 Å². The molecule has 7 nitrogen and oxygen atoms in total. The third kappa shape index (κ3) is 6.98. The van der Waals surface area contributed by atoms with Crippen LogP contribution in [0.2, 0.25) is 0 Å². The highest BCUT2D eigenvalue weighted by Crippen LogP contribution is 2.31. The number of nitrogens with two attached hydrogens (primary N) is 1. The first-order chi connectivity index (χ1) is 13.2. The van der Waals surface area contributed by atoms with Crippen LogP contribution in [0, 0.1) is 0 Å². The Bertz CT molecular complexity index is 851. The van der Waals surface area contributed by atoms with Crippen molar-refractivity contribution in [2.24, 2.45) is 10.9 Å². The van der Waals surface area contributed by atoms with Crippen molar-refractivity contribution in [1.29, 1.82) is 0 Å². The minimum absolute atomic E-state index is 0.123. The first-order valence-electron chi connectivity index (χ1n) is 7.78. The summed E-state index contributed by atoms with van der Waals surface area (Å²) in [6.45, 7) is -0.866. The standard InChI is InChI=1S/C18H15F3N2O5/c19-18(20,21)13-2-1-3-15(8-13)27-11-17(25)28-23-9-12-4-6-14(7-5-12)26-10-16(22)24/h1-9H,10-11H2,(H2,22,24)/b23-9+. The van der Waals surface area contributed by atoms with Gasteiger partial charge >= 0.3 is 12.1 Å². The van der Waals surface area contributed by atoms with E-state index in [1.807, 2.05) is 0 Å². The molecule has 10 heteroatoms. The molecule has 1 amide bonds. The molecule has 2 aromatic carbocycles. The van der Waals surface area contributed by atoms with Crippen LogP contribution in [0.3, 0.4) is 0 Å². The average molecular weight is 396 g/mol. The number of hydrogen-bond acceptors (Lipinski definition) is 6. The molecule has 2 N–H and O–H groups in total. The van der Waals surface area contributed by atoms with Gasteiger partial charge < -0.3 is 20.0 Å². The number of oxime groups is 1. The number of benzene rings is 2. The van der Waals surface area contributed by atoms with Crippen molar-refractivity contribution in [3.8, 4) is 11.5 Å². The van der Waals surface area contributed by atoms with Gasteiger partial charge in [-0.2, -0.15) is 13.2 Å². The average Bonchev–Trinajstić information content (AvgIpc) is 2.65. The molecule has 0 fully saturated rings. The third-order valence-corrected chi connectivity index (χ3v) is 3.14. The summed E-state index contributed by atoms with van der Waals surface area (Å²) < 4.78 is 47.9. The second kappa shape index (κ2) is 9.40. The lowest BCUT2D eigenvalue weighted by Gasteiger charge is -2.09. The summed E-state index contributed by atoms with van der Waals surface area (Å²) >= 11 is 0. The normalized spacial score (nSPS) is 11.2. The molecule has 0 bridgehead atoms. The van der Waals surface area contributed by atoms with Crippen LogP contribution in [0.15, 0.2) is 53.7 Å². The van der Waals surface area contributed by atoms with Gasteiger partial charge in [0.2, 0.25) is 0 Å². The smallest absolute Gasteiger partial charge is 0.416 e. The molecule has 0 saturated heterocycles. The van der Waals surface area contributed by atoms with Crippen LogP contribution in [0.25, 0.3) is 0 Å². The van der Waals surface area contributed by atoms with E-state index in [4.69, 9.17) is 15.2 Å². The second-order valence-corrected chi connectivity index (χ2v) is 5.34. The molecule has 2 aromatic rings. The fourth-order valence-corrected chi connectivity index (χ4v) is 1.88. The Morgan fingerprint density at radius 3 is 2.32 bits per heavy atom. The summed E-state index contributed by atoms with van der Waals surface area (Å²) in [5.41, 5.74) is 4.64. The van der Waals surface area contributed by atoms with Crippen molar-refractivity contribution in [3.63, 3.8) is 0 Å². The van der Waals surface area contributed by atoms with E-state index in [0.717, 1.165) is 12.1 Å². The molecule has 0 saturated carbocycles. The third-order valence-electron chi connectivity index (χ3n) is 3.14. The molecule has 0 aliphatic heterocycles. The maximum atomic E-state index is 12.6. The predicted octanol–water partition coefficient (Wildman–Crippen LogP) is 2.53. The number of carbonyl (C=O) groups is 2. The Morgan fingerprint density at radius 2 is 1.68 bits per heavy atom. The number of halogens is 3. The first-order valence-corrected chi connectivity index (χ1v) is 7.78. The molecule has 148 valence electrons.